The molecule has 0 aliphatic rings. The zero-order valence-corrected chi connectivity index (χ0v) is 10.6. The van der Waals surface area contributed by atoms with Crippen LogP contribution in [0.15, 0.2) is 45.9 Å². The first-order valence-electron chi connectivity index (χ1n) is 5.53. The molecule has 4 heteroatoms. The highest BCUT2D eigenvalue weighted by atomic mass is 32.1. The van der Waals surface area contributed by atoms with Crippen molar-refractivity contribution >= 4 is 22.2 Å². The summed E-state index contributed by atoms with van der Waals surface area (Å²) in [6, 6.07) is 9.56. The molecule has 0 spiro atoms. The summed E-state index contributed by atoms with van der Waals surface area (Å²) in [5.74, 6) is 0.632. The number of aromatic nitrogens is 1. The molecule has 0 amide bonds. The largest absolute Gasteiger partial charge is 0.495 e. The van der Waals surface area contributed by atoms with Gasteiger partial charge in [-0.2, -0.15) is 11.3 Å². The van der Waals surface area contributed by atoms with Crippen LogP contribution in [0.1, 0.15) is 0 Å². The minimum atomic E-state index is -0.121. The van der Waals surface area contributed by atoms with E-state index in [1.54, 1.807) is 18.4 Å². The van der Waals surface area contributed by atoms with Crippen LogP contribution in [0, 0.1) is 0 Å². The molecule has 0 atom stereocenters. The zero-order chi connectivity index (χ0) is 12.5. The number of methoxy groups -OCH3 is 1. The topological polar surface area (TPSA) is 42.1 Å². The minimum absolute atomic E-state index is 0.121. The van der Waals surface area contributed by atoms with Crippen molar-refractivity contribution < 1.29 is 4.74 Å². The van der Waals surface area contributed by atoms with E-state index in [0.29, 0.717) is 11.3 Å². The van der Waals surface area contributed by atoms with Gasteiger partial charge in [0, 0.05) is 10.9 Å². The molecule has 0 radical (unpaired) electrons. The number of pyridine rings is 1. The number of hydrogen-bond donors (Lipinski definition) is 1. The molecule has 2 heterocycles. The minimum Gasteiger partial charge on any atom is -0.495 e. The van der Waals surface area contributed by atoms with Crippen molar-refractivity contribution in [3.63, 3.8) is 0 Å². The summed E-state index contributed by atoms with van der Waals surface area (Å²) in [4.78, 5) is 15.1. The number of H-pyrrole nitrogens is 1. The van der Waals surface area contributed by atoms with E-state index in [1.165, 1.54) is 0 Å². The van der Waals surface area contributed by atoms with Gasteiger partial charge in [0.25, 0.3) is 5.56 Å². The SMILES string of the molecule is COc1c(-c2ccsc2)c(=O)[nH]c2ccccc12. The van der Waals surface area contributed by atoms with Gasteiger partial charge in [-0.25, -0.2) is 0 Å². The van der Waals surface area contributed by atoms with Crippen molar-refractivity contribution in [2.24, 2.45) is 0 Å². The lowest BCUT2D eigenvalue weighted by molar-refractivity contribution is 0.420. The molecule has 18 heavy (non-hydrogen) atoms. The number of ether oxygens (including phenoxy) is 1. The van der Waals surface area contributed by atoms with E-state index >= 15 is 0 Å². The molecule has 0 saturated carbocycles. The molecule has 2 aromatic heterocycles. The van der Waals surface area contributed by atoms with E-state index in [4.69, 9.17) is 4.74 Å². The number of nitrogens with one attached hydrogen (secondary N) is 1. The summed E-state index contributed by atoms with van der Waals surface area (Å²) in [6.07, 6.45) is 0. The van der Waals surface area contributed by atoms with Crippen LogP contribution in [0.5, 0.6) is 5.75 Å². The highest BCUT2D eigenvalue weighted by Crippen LogP contribution is 2.33. The number of hydrogen-bond acceptors (Lipinski definition) is 3. The van der Waals surface area contributed by atoms with Gasteiger partial charge in [0.15, 0.2) is 0 Å². The molecule has 1 N–H and O–H groups in total. The van der Waals surface area contributed by atoms with Crippen molar-refractivity contribution in [3.05, 3.63) is 51.4 Å². The van der Waals surface area contributed by atoms with Gasteiger partial charge < -0.3 is 9.72 Å². The number of para-hydroxylation sites is 1. The molecule has 0 fully saturated rings. The maximum Gasteiger partial charge on any atom is 0.260 e. The first kappa shape index (κ1) is 11.0. The van der Waals surface area contributed by atoms with Gasteiger partial charge >= 0.3 is 0 Å². The highest BCUT2D eigenvalue weighted by molar-refractivity contribution is 7.08. The summed E-state index contributed by atoms with van der Waals surface area (Å²) in [6.45, 7) is 0. The van der Waals surface area contributed by atoms with Crippen molar-refractivity contribution in [3.8, 4) is 16.9 Å². The van der Waals surface area contributed by atoms with Crippen molar-refractivity contribution in [1.82, 2.24) is 4.98 Å². The van der Waals surface area contributed by atoms with Crippen LogP contribution in [-0.4, -0.2) is 12.1 Å². The van der Waals surface area contributed by atoms with Gasteiger partial charge in [0.2, 0.25) is 0 Å². The van der Waals surface area contributed by atoms with E-state index < -0.39 is 0 Å². The Morgan fingerprint density at radius 3 is 2.78 bits per heavy atom. The Hall–Kier alpha value is -2.07. The third-order valence-corrected chi connectivity index (χ3v) is 3.57. The first-order valence-corrected chi connectivity index (χ1v) is 6.47. The quantitative estimate of drug-likeness (QED) is 0.765. The van der Waals surface area contributed by atoms with Crippen molar-refractivity contribution in [2.75, 3.05) is 7.11 Å². The lowest BCUT2D eigenvalue weighted by atomic mass is 10.1. The second-order valence-corrected chi connectivity index (χ2v) is 4.70. The van der Waals surface area contributed by atoms with E-state index in [1.807, 2.05) is 41.1 Å². The third kappa shape index (κ3) is 1.62. The molecule has 0 aliphatic carbocycles. The van der Waals surface area contributed by atoms with Gasteiger partial charge in [-0.05, 0) is 29.0 Å². The summed E-state index contributed by atoms with van der Waals surface area (Å²) < 4.78 is 5.45. The number of benzene rings is 1. The van der Waals surface area contributed by atoms with Crippen LogP contribution in [0.2, 0.25) is 0 Å². The van der Waals surface area contributed by atoms with Crippen LogP contribution < -0.4 is 10.3 Å². The Bertz CT molecular complexity index is 744. The zero-order valence-electron chi connectivity index (χ0n) is 9.77. The summed E-state index contributed by atoms with van der Waals surface area (Å²) in [5.41, 5.74) is 2.16. The van der Waals surface area contributed by atoms with E-state index in [2.05, 4.69) is 4.98 Å². The fourth-order valence-electron chi connectivity index (χ4n) is 2.09. The number of fused-ring (bicyclic) bond motifs is 1. The van der Waals surface area contributed by atoms with E-state index in [9.17, 15) is 4.79 Å². The van der Waals surface area contributed by atoms with E-state index in [-0.39, 0.29) is 5.56 Å². The molecule has 3 aromatic rings. The maximum absolute atomic E-state index is 12.2. The Balaban J connectivity index is 2.45. The number of thiophene rings is 1. The number of aromatic amines is 1. The standard InChI is InChI=1S/C14H11NO2S/c1-17-13-10-4-2-3-5-11(10)15-14(16)12(13)9-6-7-18-8-9/h2-8H,1H3,(H,15,16). The Kier molecular flexibility index (Phi) is 2.64. The van der Waals surface area contributed by atoms with Crippen LogP contribution in [-0.2, 0) is 0 Å². The average molecular weight is 257 g/mol. The normalized spacial score (nSPS) is 10.7. The van der Waals surface area contributed by atoms with Crippen LogP contribution in [0.3, 0.4) is 0 Å². The number of rotatable bonds is 2. The fourth-order valence-corrected chi connectivity index (χ4v) is 2.74. The van der Waals surface area contributed by atoms with Crippen LogP contribution in [0.25, 0.3) is 22.0 Å². The summed E-state index contributed by atoms with van der Waals surface area (Å²) >= 11 is 1.56. The molecule has 90 valence electrons. The van der Waals surface area contributed by atoms with Gasteiger partial charge in [-0.15, -0.1) is 0 Å². The molecule has 3 nitrogen and oxygen atoms in total. The second-order valence-electron chi connectivity index (χ2n) is 3.92. The first-order chi connectivity index (χ1) is 8.81. The predicted molar refractivity (Wildman–Crippen MR) is 74.4 cm³/mol. The Morgan fingerprint density at radius 2 is 2.06 bits per heavy atom. The van der Waals surface area contributed by atoms with Gasteiger partial charge in [0.1, 0.15) is 5.75 Å². The van der Waals surface area contributed by atoms with Crippen molar-refractivity contribution in [1.29, 1.82) is 0 Å². The monoisotopic (exact) mass is 257 g/mol. The molecule has 3 rings (SSSR count). The second kappa shape index (κ2) is 4.31. The lowest BCUT2D eigenvalue weighted by Gasteiger charge is -2.09. The smallest absolute Gasteiger partial charge is 0.260 e. The van der Waals surface area contributed by atoms with Gasteiger partial charge in [0.05, 0.1) is 18.2 Å². The molecular weight excluding hydrogens is 246 g/mol. The maximum atomic E-state index is 12.2. The summed E-state index contributed by atoms with van der Waals surface area (Å²) in [7, 11) is 1.59. The van der Waals surface area contributed by atoms with E-state index in [0.717, 1.165) is 16.5 Å². The molecule has 0 saturated heterocycles. The lowest BCUT2D eigenvalue weighted by Crippen LogP contribution is -2.10. The highest BCUT2D eigenvalue weighted by Gasteiger charge is 2.14. The summed E-state index contributed by atoms with van der Waals surface area (Å²) in [5, 5.41) is 4.81. The van der Waals surface area contributed by atoms with Gasteiger partial charge in [-0.1, -0.05) is 12.1 Å². The molecular formula is C14H11NO2S. The Labute approximate surface area is 108 Å². The molecule has 0 bridgehead atoms. The molecule has 0 unspecified atom stereocenters. The van der Waals surface area contributed by atoms with Crippen molar-refractivity contribution in [2.45, 2.75) is 0 Å². The fraction of sp³-hybridized carbons (Fsp3) is 0.0714. The Morgan fingerprint density at radius 1 is 1.22 bits per heavy atom. The van der Waals surface area contributed by atoms with Crippen LogP contribution >= 0.6 is 11.3 Å². The average Bonchev–Trinajstić information content (AvgIpc) is 2.90. The predicted octanol–water partition coefficient (Wildman–Crippen LogP) is 3.27. The van der Waals surface area contributed by atoms with Gasteiger partial charge in [-0.3, -0.25) is 4.79 Å². The third-order valence-electron chi connectivity index (χ3n) is 2.89. The molecule has 1 aromatic carbocycles. The molecule has 0 aliphatic heterocycles. The van der Waals surface area contributed by atoms with Crippen LogP contribution in [0.4, 0.5) is 0 Å².